The molecule has 6 aromatic rings. The van der Waals surface area contributed by atoms with Crippen molar-refractivity contribution in [1.29, 1.82) is 0 Å². The number of imidazole rings is 1. The van der Waals surface area contributed by atoms with Crippen LogP contribution in [0.15, 0.2) is 119 Å². The summed E-state index contributed by atoms with van der Waals surface area (Å²) in [7, 11) is 0. The third kappa shape index (κ3) is 6.32. The number of H-pyrrole nitrogens is 1. The normalized spacial score (nSPS) is 11.2. The van der Waals surface area contributed by atoms with Crippen molar-refractivity contribution in [2.75, 3.05) is 11.1 Å². The zero-order chi connectivity index (χ0) is 28.0. The molecule has 9 heteroatoms. The van der Waals surface area contributed by atoms with E-state index in [2.05, 4.69) is 25.5 Å². The average Bonchev–Trinajstić information content (AvgIpc) is 3.67. The third-order valence-corrected chi connectivity index (χ3v) is 7.03. The number of hydrogen-bond donors (Lipinski definition) is 2. The number of thioether (sulfide) groups is 1. The molecule has 0 fully saturated rings. The number of anilines is 1. The van der Waals surface area contributed by atoms with Gasteiger partial charge in [0.15, 0.2) is 5.78 Å². The molecule has 0 spiro atoms. The molecule has 0 radical (unpaired) electrons. The SMILES string of the molecule is O=C(CSc1nnc(-c2ccc(-c3nc4ccccc4[nH]3)cc2)o1)Nc1ccc(C(=O)/C=C/c2ccccc2)cc1. The molecule has 4 aromatic carbocycles. The summed E-state index contributed by atoms with van der Waals surface area (Å²) >= 11 is 1.15. The third-order valence-electron chi connectivity index (χ3n) is 6.21. The standard InChI is InChI=1S/C32H23N5O3S/c38-28(19-10-21-6-2-1-3-7-21)22-15-17-25(18-16-22)33-29(39)20-41-32-37-36-31(40-32)24-13-11-23(12-14-24)30-34-26-8-4-5-9-27(26)35-30/h1-19H,20H2,(H,33,39)(H,34,35)/b19-10+. The summed E-state index contributed by atoms with van der Waals surface area (Å²) in [5, 5.41) is 11.3. The highest BCUT2D eigenvalue weighted by Gasteiger charge is 2.13. The first kappa shape index (κ1) is 26.0. The van der Waals surface area contributed by atoms with E-state index in [1.807, 2.05) is 78.9 Å². The van der Waals surface area contributed by atoms with Crippen LogP contribution in [0.3, 0.4) is 0 Å². The Morgan fingerprint density at radius 3 is 2.34 bits per heavy atom. The van der Waals surface area contributed by atoms with Gasteiger partial charge in [0, 0.05) is 22.4 Å². The fourth-order valence-corrected chi connectivity index (χ4v) is 4.68. The maximum Gasteiger partial charge on any atom is 0.277 e. The Hall–Kier alpha value is -5.28. The highest BCUT2D eigenvalue weighted by Crippen LogP contribution is 2.26. The van der Waals surface area contributed by atoms with E-state index in [-0.39, 0.29) is 17.4 Å². The second-order valence-electron chi connectivity index (χ2n) is 9.08. The molecule has 41 heavy (non-hydrogen) atoms. The van der Waals surface area contributed by atoms with E-state index < -0.39 is 0 Å². The van der Waals surface area contributed by atoms with Crippen LogP contribution in [-0.2, 0) is 4.79 Å². The predicted octanol–water partition coefficient (Wildman–Crippen LogP) is 6.91. The van der Waals surface area contributed by atoms with E-state index in [0.717, 1.165) is 45.3 Å². The number of rotatable bonds is 9. The lowest BCUT2D eigenvalue weighted by Gasteiger charge is -2.05. The number of fused-ring (bicyclic) bond motifs is 1. The number of benzene rings is 4. The summed E-state index contributed by atoms with van der Waals surface area (Å²) in [6.07, 6.45) is 3.31. The van der Waals surface area contributed by atoms with Crippen molar-refractivity contribution in [3.63, 3.8) is 0 Å². The topological polar surface area (TPSA) is 114 Å². The predicted molar refractivity (Wildman–Crippen MR) is 160 cm³/mol. The fraction of sp³-hybridized carbons (Fsp3) is 0.0312. The highest BCUT2D eigenvalue weighted by molar-refractivity contribution is 7.99. The van der Waals surface area contributed by atoms with Gasteiger partial charge < -0.3 is 14.7 Å². The first-order chi connectivity index (χ1) is 20.1. The van der Waals surface area contributed by atoms with Gasteiger partial charge in [0.1, 0.15) is 5.82 Å². The number of allylic oxidation sites excluding steroid dienone is 1. The maximum absolute atomic E-state index is 12.5. The Balaban J connectivity index is 1.01. The van der Waals surface area contributed by atoms with Gasteiger partial charge >= 0.3 is 0 Å². The molecule has 2 N–H and O–H groups in total. The summed E-state index contributed by atoms with van der Waals surface area (Å²) in [4.78, 5) is 32.8. The first-order valence-corrected chi connectivity index (χ1v) is 13.8. The highest BCUT2D eigenvalue weighted by atomic mass is 32.2. The maximum atomic E-state index is 12.5. The number of amides is 1. The van der Waals surface area contributed by atoms with Gasteiger partial charge in [-0.25, -0.2) is 4.98 Å². The van der Waals surface area contributed by atoms with Crippen molar-refractivity contribution in [3.8, 4) is 22.8 Å². The smallest absolute Gasteiger partial charge is 0.277 e. The number of para-hydroxylation sites is 2. The number of nitrogens with zero attached hydrogens (tertiary/aromatic N) is 3. The van der Waals surface area contributed by atoms with Crippen molar-refractivity contribution in [1.82, 2.24) is 20.2 Å². The van der Waals surface area contributed by atoms with E-state index >= 15 is 0 Å². The summed E-state index contributed by atoms with van der Waals surface area (Å²) in [6, 6.07) is 31.9. The zero-order valence-electron chi connectivity index (χ0n) is 21.7. The van der Waals surface area contributed by atoms with Gasteiger partial charge in [-0.05, 0) is 60.2 Å². The molecule has 0 bridgehead atoms. The summed E-state index contributed by atoms with van der Waals surface area (Å²) < 4.78 is 5.75. The van der Waals surface area contributed by atoms with Crippen LogP contribution in [0.2, 0.25) is 0 Å². The lowest BCUT2D eigenvalue weighted by Crippen LogP contribution is -2.14. The quantitative estimate of drug-likeness (QED) is 0.113. The van der Waals surface area contributed by atoms with Crippen LogP contribution in [0, 0.1) is 0 Å². The molecular weight excluding hydrogens is 534 g/mol. The molecule has 0 atom stereocenters. The molecule has 0 aliphatic heterocycles. The Morgan fingerprint density at radius 2 is 1.56 bits per heavy atom. The van der Waals surface area contributed by atoms with Crippen LogP contribution in [0.1, 0.15) is 15.9 Å². The lowest BCUT2D eigenvalue weighted by atomic mass is 10.1. The fourth-order valence-electron chi connectivity index (χ4n) is 4.12. The zero-order valence-corrected chi connectivity index (χ0v) is 22.5. The van der Waals surface area contributed by atoms with Gasteiger partial charge in [0.25, 0.3) is 5.22 Å². The second-order valence-corrected chi connectivity index (χ2v) is 10.0. The average molecular weight is 558 g/mol. The van der Waals surface area contributed by atoms with Gasteiger partial charge in [-0.3, -0.25) is 9.59 Å². The molecule has 0 unspecified atom stereocenters. The van der Waals surface area contributed by atoms with Crippen molar-refractivity contribution >= 4 is 46.2 Å². The van der Waals surface area contributed by atoms with E-state index in [9.17, 15) is 9.59 Å². The second kappa shape index (κ2) is 11.8. The molecular formula is C32H23N5O3S. The van der Waals surface area contributed by atoms with E-state index in [1.54, 1.807) is 30.3 Å². The van der Waals surface area contributed by atoms with Crippen LogP contribution in [0.25, 0.3) is 40.0 Å². The molecule has 0 saturated carbocycles. The lowest BCUT2D eigenvalue weighted by molar-refractivity contribution is -0.113. The molecule has 200 valence electrons. The molecule has 2 heterocycles. The number of aromatic amines is 1. The van der Waals surface area contributed by atoms with Crippen LogP contribution in [-0.4, -0.2) is 37.6 Å². The summed E-state index contributed by atoms with van der Waals surface area (Å²) in [6.45, 7) is 0. The summed E-state index contributed by atoms with van der Waals surface area (Å²) in [5.74, 6) is 0.900. The molecule has 6 rings (SSSR count). The van der Waals surface area contributed by atoms with Crippen LogP contribution >= 0.6 is 11.8 Å². The van der Waals surface area contributed by atoms with Gasteiger partial charge in [-0.2, -0.15) is 0 Å². The summed E-state index contributed by atoms with van der Waals surface area (Å²) in [5.41, 5.74) is 5.68. The Labute approximate surface area is 239 Å². The first-order valence-electron chi connectivity index (χ1n) is 12.8. The number of carbonyl (C=O) groups is 2. The van der Waals surface area contributed by atoms with Gasteiger partial charge in [-0.1, -0.05) is 72.4 Å². The number of nitrogens with one attached hydrogen (secondary N) is 2. The van der Waals surface area contributed by atoms with E-state index in [4.69, 9.17) is 4.42 Å². The van der Waals surface area contributed by atoms with Crippen molar-refractivity contribution in [2.24, 2.45) is 0 Å². The number of aromatic nitrogens is 4. The Bertz CT molecular complexity index is 1810. The molecule has 2 aromatic heterocycles. The number of ketones is 1. The van der Waals surface area contributed by atoms with Crippen LogP contribution < -0.4 is 5.32 Å². The number of carbonyl (C=O) groups excluding carboxylic acids is 2. The van der Waals surface area contributed by atoms with Gasteiger partial charge in [0.2, 0.25) is 11.8 Å². The molecule has 0 aliphatic rings. The molecule has 1 amide bonds. The van der Waals surface area contributed by atoms with E-state index in [1.165, 1.54) is 6.08 Å². The molecule has 0 aliphatic carbocycles. The van der Waals surface area contributed by atoms with Crippen LogP contribution in [0.4, 0.5) is 5.69 Å². The minimum absolute atomic E-state index is 0.0904. The van der Waals surface area contributed by atoms with E-state index in [0.29, 0.717) is 22.4 Å². The Morgan fingerprint density at radius 1 is 0.829 bits per heavy atom. The number of hydrogen-bond acceptors (Lipinski definition) is 7. The molecule has 8 nitrogen and oxygen atoms in total. The minimum Gasteiger partial charge on any atom is -0.411 e. The van der Waals surface area contributed by atoms with Gasteiger partial charge in [-0.15, -0.1) is 10.2 Å². The largest absolute Gasteiger partial charge is 0.411 e. The van der Waals surface area contributed by atoms with Crippen molar-refractivity contribution < 1.29 is 14.0 Å². The van der Waals surface area contributed by atoms with Crippen molar-refractivity contribution in [2.45, 2.75) is 5.22 Å². The monoisotopic (exact) mass is 557 g/mol. The van der Waals surface area contributed by atoms with Gasteiger partial charge in [0.05, 0.1) is 16.8 Å². The van der Waals surface area contributed by atoms with Crippen LogP contribution in [0.5, 0.6) is 0 Å². The minimum atomic E-state index is -0.229. The van der Waals surface area contributed by atoms with Crippen molar-refractivity contribution in [3.05, 3.63) is 120 Å². The Kier molecular flexibility index (Phi) is 7.51. The molecule has 0 saturated heterocycles.